The van der Waals surface area contributed by atoms with Crippen LogP contribution in [0.4, 0.5) is 5.69 Å². The van der Waals surface area contributed by atoms with Crippen LogP contribution < -0.4 is 10.1 Å². The summed E-state index contributed by atoms with van der Waals surface area (Å²) in [4.78, 5) is 35.7. The molecule has 27 heavy (non-hydrogen) atoms. The molecule has 0 fully saturated rings. The number of benzene rings is 2. The lowest BCUT2D eigenvalue weighted by Crippen LogP contribution is -2.21. The van der Waals surface area contributed by atoms with Crippen LogP contribution in [-0.4, -0.2) is 38.7 Å². The zero-order chi connectivity index (χ0) is 20.0. The number of nitrogens with one attached hydrogen (secondary N) is 1. The van der Waals surface area contributed by atoms with Gasteiger partial charge in [-0.05, 0) is 71.5 Å². The number of aryl methyl sites for hydroxylation is 1. The third-order valence-corrected chi connectivity index (χ3v) is 4.25. The lowest BCUT2D eigenvalue weighted by atomic mass is 10.1. The summed E-state index contributed by atoms with van der Waals surface area (Å²) in [6.45, 7) is 1.60. The number of ether oxygens (including phenoxy) is 3. The first-order chi connectivity index (χ1) is 12.8. The number of carbonyl (C=O) groups is 3. The predicted molar refractivity (Wildman–Crippen MR) is 107 cm³/mol. The molecule has 2 aromatic rings. The van der Waals surface area contributed by atoms with Crippen molar-refractivity contribution in [3.63, 3.8) is 0 Å². The highest BCUT2D eigenvalue weighted by Crippen LogP contribution is 2.20. The fourth-order valence-electron chi connectivity index (χ4n) is 2.26. The Balaban J connectivity index is 2.12. The molecule has 0 heterocycles. The van der Waals surface area contributed by atoms with Crippen molar-refractivity contribution in [3.05, 3.63) is 56.7 Å². The van der Waals surface area contributed by atoms with Crippen molar-refractivity contribution in [3.8, 4) is 5.75 Å². The molecule has 2 aromatic carbocycles. The molecular weight excluding hydrogens is 465 g/mol. The molecule has 2 rings (SSSR count). The molecule has 1 N–H and O–H groups in total. The molecule has 8 heteroatoms. The predicted octanol–water partition coefficient (Wildman–Crippen LogP) is 3.19. The fraction of sp³-hybridized carbons (Fsp3) is 0.211. The van der Waals surface area contributed by atoms with Gasteiger partial charge in [-0.15, -0.1) is 0 Å². The summed E-state index contributed by atoms with van der Waals surface area (Å²) in [5.41, 5.74) is 1.84. The lowest BCUT2D eigenvalue weighted by Gasteiger charge is -2.11. The Bertz CT molecular complexity index is 846. The Morgan fingerprint density at radius 1 is 0.963 bits per heavy atom. The van der Waals surface area contributed by atoms with Gasteiger partial charge in [0.05, 0.1) is 25.3 Å². The molecule has 0 atom stereocenters. The van der Waals surface area contributed by atoms with Crippen molar-refractivity contribution in [2.75, 3.05) is 26.1 Å². The van der Waals surface area contributed by atoms with E-state index in [1.807, 2.05) is 25.1 Å². The van der Waals surface area contributed by atoms with Crippen molar-refractivity contribution in [2.45, 2.75) is 6.92 Å². The molecule has 0 unspecified atom stereocenters. The molecule has 0 saturated heterocycles. The molecule has 0 aliphatic heterocycles. The third kappa shape index (κ3) is 5.68. The molecule has 0 saturated carbocycles. The van der Waals surface area contributed by atoms with Crippen LogP contribution in [0.15, 0.2) is 36.4 Å². The molecule has 0 radical (unpaired) electrons. The van der Waals surface area contributed by atoms with Crippen LogP contribution >= 0.6 is 22.6 Å². The van der Waals surface area contributed by atoms with Gasteiger partial charge in [0, 0.05) is 9.26 Å². The number of methoxy groups -OCH3 is 2. The number of carbonyl (C=O) groups excluding carboxylic acids is 3. The normalized spacial score (nSPS) is 10.1. The molecule has 1 amide bonds. The van der Waals surface area contributed by atoms with E-state index < -0.39 is 11.9 Å². The standard InChI is InChI=1S/C19H18INO6/c1-11-6-14(20)4-5-16(11)21-17(22)10-27-15-8-12(18(23)25-2)7-13(9-15)19(24)26-3/h4-9H,10H2,1-3H3,(H,21,22). The average molecular weight is 483 g/mol. The van der Waals surface area contributed by atoms with Crippen LogP contribution in [0.5, 0.6) is 5.75 Å². The van der Waals surface area contributed by atoms with E-state index in [1.54, 1.807) is 0 Å². The van der Waals surface area contributed by atoms with Crippen LogP contribution in [0.25, 0.3) is 0 Å². The topological polar surface area (TPSA) is 90.9 Å². The molecule has 0 aromatic heterocycles. The zero-order valence-electron chi connectivity index (χ0n) is 15.0. The van der Waals surface area contributed by atoms with E-state index in [1.165, 1.54) is 32.4 Å². The summed E-state index contributed by atoms with van der Waals surface area (Å²) in [6, 6.07) is 9.75. The van der Waals surface area contributed by atoms with Gasteiger partial charge in [-0.25, -0.2) is 9.59 Å². The average Bonchev–Trinajstić information content (AvgIpc) is 2.67. The number of hydrogen-bond acceptors (Lipinski definition) is 6. The highest BCUT2D eigenvalue weighted by Gasteiger charge is 2.15. The van der Waals surface area contributed by atoms with Crippen molar-refractivity contribution in [1.29, 1.82) is 0 Å². The Hall–Kier alpha value is -2.62. The van der Waals surface area contributed by atoms with Crippen LogP contribution in [-0.2, 0) is 14.3 Å². The number of amides is 1. The van der Waals surface area contributed by atoms with E-state index in [9.17, 15) is 14.4 Å². The van der Waals surface area contributed by atoms with E-state index in [-0.39, 0.29) is 29.4 Å². The summed E-state index contributed by atoms with van der Waals surface area (Å²) in [7, 11) is 2.45. The quantitative estimate of drug-likeness (QED) is 0.502. The largest absolute Gasteiger partial charge is 0.484 e. The van der Waals surface area contributed by atoms with Gasteiger partial charge in [-0.1, -0.05) is 0 Å². The van der Waals surface area contributed by atoms with Crippen molar-refractivity contribution >= 4 is 46.1 Å². The molecular formula is C19H18INO6. The summed E-state index contributed by atoms with van der Waals surface area (Å²) >= 11 is 2.19. The minimum atomic E-state index is -0.635. The highest BCUT2D eigenvalue weighted by atomic mass is 127. The fourth-order valence-corrected chi connectivity index (χ4v) is 2.90. The van der Waals surface area contributed by atoms with Gasteiger partial charge in [0.25, 0.3) is 5.91 Å². The molecule has 0 spiro atoms. The van der Waals surface area contributed by atoms with Gasteiger partial charge >= 0.3 is 11.9 Å². The maximum Gasteiger partial charge on any atom is 0.338 e. The van der Waals surface area contributed by atoms with Crippen molar-refractivity contribution < 1.29 is 28.6 Å². The SMILES string of the molecule is COC(=O)c1cc(OCC(=O)Nc2ccc(I)cc2C)cc(C(=O)OC)c1. The van der Waals surface area contributed by atoms with E-state index in [0.29, 0.717) is 5.69 Å². The third-order valence-electron chi connectivity index (χ3n) is 3.58. The van der Waals surface area contributed by atoms with E-state index >= 15 is 0 Å². The number of hydrogen-bond donors (Lipinski definition) is 1. The van der Waals surface area contributed by atoms with Crippen molar-refractivity contribution in [2.24, 2.45) is 0 Å². The molecule has 7 nitrogen and oxygen atoms in total. The molecule has 0 bridgehead atoms. The van der Waals surface area contributed by atoms with E-state index in [2.05, 4.69) is 37.4 Å². The number of anilines is 1. The minimum Gasteiger partial charge on any atom is -0.484 e. The maximum atomic E-state index is 12.2. The zero-order valence-corrected chi connectivity index (χ0v) is 17.2. The summed E-state index contributed by atoms with van der Waals surface area (Å²) in [6.07, 6.45) is 0. The van der Waals surface area contributed by atoms with Gasteiger partial charge in [0.2, 0.25) is 0 Å². The summed E-state index contributed by atoms with van der Waals surface area (Å²) in [5, 5.41) is 2.75. The number of esters is 2. The molecule has 0 aliphatic rings. The van der Waals surface area contributed by atoms with Crippen molar-refractivity contribution in [1.82, 2.24) is 0 Å². The first kappa shape index (κ1) is 20.7. The molecule has 142 valence electrons. The Morgan fingerprint density at radius 3 is 2.07 bits per heavy atom. The van der Waals surface area contributed by atoms with Crippen LogP contribution in [0.2, 0.25) is 0 Å². The summed E-state index contributed by atoms with van der Waals surface area (Å²) in [5.74, 6) is -1.47. The van der Waals surface area contributed by atoms with Gasteiger partial charge in [-0.3, -0.25) is 4.79 Å². The van der Waals surface area contributed by atoms with Gasteiger partial charge < -0.3 is 19.5 Å². The van der Waals surface area contributed by atoms with Gasteiger partial charge in [0.15, 0.2) is 6.61 Å². The Morgan fingerprint density at radius 2 is 1.56 bits per heavy atom. The van der Waals surface area contributed by atoms with Gasteiger partial charge in [-0.2, -0.15) is 0 Å². The second kappa shape index (κ2) is 9.36. The Labute approximate surface area is 170 Å². The highest BCUT2D eigenvalue weighted by molar-refractivity contribution is 14.1. The van der Waals surface area contributed by atoms with Gasteiger partial charge in [0.1, 0.15) is 5.75 Å². The minimum absolute atomic E-state index is 0.115. The maximum absolute atomic E-state index is 12.2. The first-order valence-corrected chi connectivity index (χ1v) is 8.92. The monoisotopic (exact) mass is 483 g/mol. The second-order valence-corrected chi connectivity index (χ2v) is 6.77. The van der Waals surface area contributed by atoms with Crippen LogP contribution in [0.1, 0.15) is 26.3 Å². The lowest BCUT2D eigenvalue weighted by molar-refractivity contribution is -0.118. The smallest absolute Gasteiger partial charge is 0.338 e. The van der Waals surface area contributed by atoms with Crippen LogP contribution in [0, 0.1) is 10.5 Å². The molecule has 0 aliphatic carbocycles. The number of rotatable bonds is 6. The van der Waals surface area contributed by atoms with Crippen LogP contribution in [0.3, 0.4) is 0 Å². The summed E-state index contributed by atoms with van der Waals surface area (Å²) < 4.78 is 15.8. The second-order valence-electron chi connectivity index (χ2n) is 5.53. The number of halogens is 1. The van der Waals surface area contributed by atoms with E-state index in [0.717, 1.165) is 9.13 Å². The van der Waals surface area contributed by atoms with E-state index in [4.69, 9.17) is 4.74 Å². The Kier molecular flexibility index (Phi) is 7.17. The first-order valence-electron chi connectivity index (χ1n) is 7.84.